The first-order valence-electron chi connectivity index (χ1n) is 3.87. The fraction of sp³-hybridized carbons (Fsp3) is 0.333. The average molecular weight is 200 g/mol. The van der Waals surface area contributed by atoms with Gasteiger partial charge >= 0.3 is 0 Å². The van der Waals surface area contributed by atoms with Gasteiger partial charge in [-0.3, -0.25) is 0 Å². The molecule has 0 unspecified atom stereocenters. The SMILES string of the molecule is Cc1cc(CC#N)nc(C(F)F)c1F. The van der Waals surface area contributed by atoms with Crippen molar-refractivity contribution in [1.29, 1.82) is 5.26 Å². The second-order valence-corrected chi connectivity index (χ2v) is 2.77. The molecule has 0 radical (unpaired) electrons. The topological polar surface area (TPSA) is 36.7 Å². The van der Waals surface area contributed by atoms with Crippen LogP contribution in [0.25, 0.3) is 0 Å². The van der Waals surface area contributed by atoms with Gasteiger partial charge in [0.25, 0.3) is 6.43 Å². The Bertz CT molecular complexity index is 382. The molecule has 0 N–H and O–H groups in total. The monoisotopic (exact) mass is 200 g/mol. The van der Waals surface area contributed by atoms with Crippen LogP contribution < -0.4 is 0 Å². The first kappa shape index (κ1) is 10.5. The quantitative estimate of drug-likeness (QED) is 0.735. The Kier molecular flexibility index (Phi) is 3.07. The molecule has 0 fully saturated rings. The Hall–Kier alpha value is -1.57. The van der Waals surface area contributed by atoms with Crippen LogP contribution in [0.4, 0.5) is 13.2 Å². The van der Waals surface area contributed by atoms with Gasteiger partial charge in [0.05, 0.1) is 18.2 Å². The fourth-order valence-corrected chi connectivity index (χ4v) is 1.07. The van der Waals surface area contributed by atoms with E-state index in [9.17, 15) is 13.2 Å². The molecule has 0 aromatic carbocycles. The summed E-state index contributed by atoms with van der Waals surface area (Å²) in [6, 6.07) is 3.06. The molecule has 1 heterocycles. The van der Waals surface area contributed by atoms with Gasteiger partial charge in [-0.15, -0.1) is 0 Å². The maximum Gasteiger partial charge on any atom is 0.283 e. The minimum absolute atomic E-state index is 0.0838. The Balaban J connectivity index is 3.22. The molecule has 74 valence electrons. The smallest absolute Gasteiger partial charge is 0.248 e. The molecule has 0 atom stereocenters. The van der Waals surface area contributed by atoms with Crippen LogP contribution in [0.3, 0.4) is 0 Å². The highest BCUT2D eigenvalue weighted by Gasteiger charge is 2.18. The number of nitrogens with zero attached hydrogens (tertiary/aromatic N) is 2. The van der Waals surface area contributed by atoms with E-state index in [0.29, 0.717) is 0 Å². The summed E-state index contributed by atoms with van der Waals surface area (Å²) in [4.78, 5) is 3.37. The second kappa shape index (κ2) is 4.09. The molecule has 0 amide bonds. The van der Waals surface area contributed by atoms with Gasteiger partial charge < -0.3 is 0 Å². The first-order chi connectivity index (χ1) is 6.56. The standard InChI is InChI=1S/C9H7F3N2/c1-5-4-6(2-3-13)14-8(7(5)10)9(11)12/h4,9H,2H2,1H3. The van der Waals surface area contributed by atoms with Crippen molar-refractivity contribution in [1.82, 2.24) is 4.98 Å². The number of aromatic nitrogens is 1. The van der Waals surface area contributed by atoms with E-state index in [4.69, 9.17) is 5.26 Å². The molecule has 2 nitrogen and oxygen atoms in total. The number of rotatable bonds is 2. The predicted octanol–water partition coefficient (Wildman–Crippen LogP) is 2.53. The van der Waals surface area contributed by atoms with E-state index < -0.39 is 17.9 Å². The summed E-state index contributed by atoms with van der Waals surface area (Å²) in [6.07, 6.45) is -3.05. The molecule has 0 saturated carbocycles. The third kappa shape index (κ3) is 2.02. The number of halogens is 3. The lowest BCUT2D eigenvalue weighted by Crippen LogP contribution is -2.02. The minimum Gasteiger partial charge on any atom is -0.248 e. The van der Waals surface area contributed by atoms with Crippen LogP contribution in [0.5, 0.6) is 0 Å². The van der Waals surface area contributed by atoms with Crippen molar-refractivity contribution in [2.45, 2.75) is 19.8 Å². The van der Waals surface area contributed by atoms with Gasteiger partial charge in [0, 0.05) is 0 Å². The predicted molar refractivity (Wildman–Crippen MR) is 43.2 cm³/mol. The van der Waals surface area contributed by atoms with Crippen molar-refractivity contribution in [3.05, 3.63) is 28.8 Å². The van der Waals surface area contributed by atoms with E-state index >= 15 is 0 Å². The van der Waals surface area contributed by atoms with Gasteiger partial charge in [-0.25, -0.2) is 18.2 Å². The van der Waals surface area contributed by atoms with E-state index in [1.165, 1.54) is 13.0 Å². The molecule has 5 heteroatoms. The fourth-order valence-electron chi connectivity index (χ4n) is 1.07. The van der Waals surface area contributed by atoms with Crippen molar-refractivity contribution >= 4 is 0 Å². The maximum atomic E-state index is 13.0. The van der Waals surface area contributed by atoms with Crippen molar-refractivity contribution in [2.75, 3.05) is 0 Å². The highest BCUT2D eigenvalue weighted by atomic mass is 19.3. The number of alkyl halides is 2. The largest absolute Gasteiger partial charge is 0.283 e. The zero-order valence-corrected chi connectivity index (χ0v) is 7.39. The molecule has 1 rings (SSSR count). The summed E-state index contributed by atoms with van der Waals surface area (Å²) in [7, 11) is 0. The van der Waals surface area contributed by atoms with Crippen molar-refractivity contribution in [3.63, 3.8) is 0 Å². The van der Waals surface area contributed by atoms with Crippen molar-refractivity contribution in [3.8, 4) is 6.07 Å². The van der Waals surface area contributed by atoms with Gasteiger partial charge in [0.15, 0.2) is 5.82 Å². The normalized spacial score (nSPS) is 10.3. The van der Waals surface area contributed by atoms with Crippen LogP contribution >= 0.6 is 0 Å². The van der Waals surface area contributed by atoms with Crippen LogP contribution in [-0.4, -0.2) is 4.98 Å². The number of hydrogen-bond donors (Lipinski definition) is 0. The molecule has 0 aliphatic rings. The maximum absolute atomic E-state index is 13.0. The van der Waals surface area contributed by atoms with E-state index in [1.807, 2.05) is 0 Å². The molecule has 0 spiro atoms. The lowest BCUT2D eigenvalue weighted by atomic mass is 10.1. The van der Waals surface area contributed by atoms with E-state index in [2.05, 4.69) is 4.98 Å². The molecule has 0 aliphatic heterocycles. The molecule has 1 aromatic rings. The van der Waals surface area contributed by atoms with Gasteiger partial charge in [0.2, 0.25) is 0 Å². The van der Waals surface area contributed by atoms with Gasteiger partial charge in [-0.2, -0.15) is 5.26 Å². The minimum atomic E-state index is -2.95. The number of nitriles is 1. The van der Waals surface area contributed by atoms with Crippen LogP contribution in [-0.2, 0) is 6.42 Å². The van der Waals surface area contributed by atoms with E-state index in [1.54, 1.807) is 6.07 Å². The zero-order valence-electron chi connectivity index (χ0n) is 7.39. The van der Waals surface area contributed by atoms with Crippen LogP contribution in [0.15, 0.2) is 6.07 Å². The third-order valence-electron chi connectivity index (χ3n) is 1.69. The molecule has 1 aromatic heterocycles. The lowest BCUT2D eigenvalue weighted by molar-refractivity contribution is 0.140. The molecule has 14 heavy (non-hydrogen) atoms. The summed E-state index contributed by atoms with van der Waals surface area (Å²) in [5, 5.41) is 8.34. The van der Waals surface area contributed by atoms with E-state index in [-0.39, 0.29) is 17.7 Å². The molecule has 0 aliphatic carbocycles. The third-order valence-corrected chi connectivity index (χ3v) is 1.69. The van der Waals surface area contributed by atoms with Gasteiger partial charge in [-0.1, -0.05) is 0 Å². The summed E-state index contributed by atoms with van der Waals surface area (Å²) in [6.45, 7) is 1.36. The molecular formula is C9H7F3N2. The Labute approximate surface area is 79.0 Å². The van der Waals surface area contributed by atoms with Crippen molar-refractivity contribution in [2.24, 2.45) is 0 Å². The van der Waals surface area contributed by atoms with Gasteiger partial charge in [0.1, 0.15) is 5.69 Å². The van der Waals surface area contributed by atoms with Crippen LogP contribution in [0, 0.1) is 24.1 Å². The molecule has 0 bridgehead atoms. The van der Waals surface area contributed by atoms with Crippen molar-refractivity contribution < 1.29 is 13.2 Å². The molecular weight excluding hydrogens is 193 g/mol. The summed E-state index contributed by atoms with van der Waals surface area (Å²) in [5.74, 6) is -0.998. The van der Waals surface area contributed by atoms with Crippen LogP contribution in [0.2, 0.25) is 0 Å². The number of hydrogen-bond acceptors (Lipinski definition) is 2. The summed E-state index contributed by atoms with van der Waals surface area (Å²) >= 11 is 0. The number of aryl methyl sites for hydroxylation is 1. The van der Waals surface area contributed by atoms with E-state index in [0.717, 1.165) is 0 Å². The average Bonchev–Trinajstić information content (AvgIpc) is 2.11. The lowest BCUT2D eigenvalue weighted by Gasteiger charge is -2.05. The Morgan fingerprint density at radius 1 is 1.57 bits per heavy atom. The Morgan fingerprint density at radius 3 is 2.71 bits per heavy atom. The van der Waals surface area contributed by atoms with Crippen LogP contribution in [0.1, 0.15) is 23.4 Å². The highest BCUT2D eigenvalue weighted by molar-refractivity contribution is 5.24. The highest BCUT2D eigenvalue weighted by Crippen LogP contribution is 2.22. The zero-order chi connectivity index (χ0) is 10.7. The number of pyridine rings is 1. The summed E-state index contributed by atoms with van der Waals surface area (Å²) in [5.41, 5.74) is -0.627. The second-order valence-electron chi connectivity index (χ2n) is 2.77. The first-order valence-corrected chi connectivity index (χ1v) is 3.87. The summed E-state index contributed by atoms with van der Waals surface area (Å²) < 4.78 is 37.5. The van der Waals surface area contributed by atoms with Gasteiger partial charge in [-0.05, 0) is 18.6 Å². The molecule has 0 saturated heterocycles. The Morgan fingerprint density at radius 2 is 2.21 bits per heavy atom.